The molecule has 0 saturated carbocycles. The highest BCUT2D eigenvalue weighted by molar-refractivity contribution is 9.11. The zero-order valence-electron chi connectivity index (χ0n) is 11.3. The number of thiophene rings is 1. The second kappa shape index (κ2) is 6.73. The lowest BCUT2D eigenvalue weighted by molar-refractivity contribution is 0.0786. The normalized spacial score (nSPS) is 10.2. The number of benzene rings is 1. The molecule has 0 aliphatic carbocycles. The van der Waals surface area contributed by atoms with Crippen molar-refractivity contribution in [2.45, 2.75) is 6.54 Å². The van der Waals surface area contributed by atoms with Gasteiger partial charge < -0.3 is 16.0 Å². The molecule has 1 aromatic carbocycles. The number of nitrogens with two attached hydrogens (primary N) is 1. The molecule has 0 aliphatic rings. The van der Waals surface area contributed by atoms with Crippen LogP contribution in [-0.4, -0.2) is 23.9 Å². The van der Waals surface area contributed by atoms with Gasteiger partial charge in [-0.2, -0.15) is 0 Å². The van der Waals surface area contributed by atoms with Gasteiger partial charge in [0.25, 0.3) is 5.91 Å². The summed E-state index contributed by atoms with van der Waals surface area (Å²) in [6, 6.07) is 9.96. The second-order valence-corrected chi connectivity index (χ2v) is 6.98. The fraction of sp³-hybridized carbons (Fsp3) is 0.143. The van der Waals surface area contributed by atoms with Gasteiger partial charge in [-0.3, -0.25) is 4.79 Å². The van der Waals surface area contributed by atoms with Gasteiger partial charge in [0.05, 0.1) is 10.3 Å². The van der Waals surface area contributed by atoms with Gasteiger partial charge in [0.2, 0.25) is 0 Å². The number of nitrogens with one attached hydrogen (secondary N) is 1. The monoisotopic (exact) mass is 367 g/mol. The molecule has 0 fully saturated rings. The molecule has 0 bridgehead atoms. The van der Waals surface area contributed by atoms with Gasteiger partial charge >= 0.3 is 6.03 Å². The van der Waals surface area contributed by atoms with E-state index in [2.05, 4.69) is 21.2 Å². The Balaban J connectivity index is 2.09. The molecule has 3 N–H and O–H groups in total. The Morgan fingerprint density at radius 2 is 2.10 bits per heavy atom. The molecule has 1 heterocycles. The van der Waals surface area contributed by atoms with Crippen LogP contribution in [0.2, 0.25) is 0 Å². The van der Waals surface area contributed by atoms with Gasteiger partial charge in [-0.25, -0.2) is 4.79 Å². The number of rotatable bonds is 4. The van der Waals surface area contributed by atoms with Crippen molar-refractivity contribution >= 4 is 44.9 Å². The summed E-state index contributed by atoms with van der Waals surface area (Å²) in [6.07, 6.45) is 0. The minimum absolute atomic E-state index is 0.118. The number of carbonyl (C=O) groups excluding carboxylic acids is 2. The summed E-state index contributed by atoms with van der Waals surface area (Å²) in [4.78, 5) is 25.9. The molecule has 0 unspecified atom stereocenters. The lowest BCUT2D eigenvalue weighted by Gasteiger charge is -2.16. The van der Waals surface area contributed by atoms with E-state index in [-0.39, 0.29) is 5.91 Å². The average Bonchev–Trinajstić information content (AvgIpc) is 2.82. The largest absolute Gasteiger partial charge is 0.351 e. The van der Waals surface area contributed by atoms with Crippen LogP contribution >= 0.6 is 27.3 Å². The number of carbonyl (C=O) groups is 2. The molecular formula is C14H14BrN3O2S. The molecule has 5 nitrogen and oxygen atoms in total. The third kappa shape index (κ3) is 4.30. The minimum atomic E-state index is -0.656. The maximum atomic E-state index is 12.4. The zero-order valence-corrected chi connectivity index (χ0v) is 13.7. The number of nitrogens with zero attached hydrogens (tertiary/aromatic N) is 1. The van der Waals surface area contributed by atoms with Crippen molar-refractivity contribution < 1.29 is 9.59 Å². The van der Waals surface area contributed by atoms with Crippen LogP contribution in [0.4, 0.5) is 10.5 Å². The molecule has 0 aliphatic heterocycles. The van der Waals surface area contributed by atoms with Gasteiger partial charge in [0.15, 0.2) is 0 Å². The van der Waals surface area contributed by atoms with E-state index in [1.165, 1.54) is 0 Å². The topological polar surface area (TPSA) is 75.4 Å². The number of primary amides is 1. The number of urea groups is 1. The Morgan fingerprint density at radius 3 is 2.71 bits per heavy atom. The SMILES string of the molecule is CN(Cc1ccc(Br)s1)C(=O)c1cccc(NC(N)=O)c1. The van der Waals surface area contributed by atoms with Crippen LogP contribution in [0.25, 0.3) is 0 Å². The lowest BCUT2D eigenvalue weighted by Crippen LogP contribution is -2.26. The molecule has 21 heavy (non-hydrogen) atoms. The van der Waals surface area contributed by atoms with Gasteiger partial charge in [0, 0.05) is 23.2 Å². The molecule has 1 aromatic heterocycles. The third-order valence-corrected chi connectivity index (χ3v) is 4.35. The Bertz CT molecular complexity index is 672. The van der Waals surface area contributed by atoms with E-state index < -0.39 is 6.03 Å². The lowest BCUT2D eigenvalue weighted by atomic mass is 10.1. The van der Waals surface area contributed by atoms with Crippen LogP contribution in [0.3, 0.4) is 0 Å². The maximum absolute atomic E-state index is 12.4. The molecule has 0 radical (unpaired) electrons. The second-order valence-electron chi connectivity index (χ2n) is 4.44. The summed E-state index contributed by atoms with van der Waals surface area (Å²) >= 11 is 4.99. The standard InChI is InChI=1S/C14H14BrN3O2S/c1-18(8-11-5-6-12(15)21-11)13(19)9-3-2-4-10(7-9)17-14(16)20/h2-7H,8H2,1H3,(H3,16,17,20). The van der Waals surface area contributed by atoms with Crippen LogP contribution in [0, 0.1) is 0 Å². The summed E-state index contributed by atoms with van der Waals surface area (Å²) in [5.41, 5.74) is 6.07. The Morgan fingerprint density at radius 1 is 1.33 bits per heavy atom. The smallest absolute Gasteiger partial charge is 0.316 e. The first-order valence-electron chi connectivity index (χ1n) is 6.12. The summed E-state index contributed by atoms with van der Waals surface area (Å²) in [7, 11) is 1.74. The predicted molar refractivity (Wildman–Crippen MR) is 87.5 cm³/mol. The minimum Gasteiger partial charge on any atom is -0.351 e. The molecule has 110 valence electrons. The summed E-state index contributed by atoms with van der Waals surface area (Å²) in [6.45, 7) is 0.530. The highest BCUT2D eigenvalue weighted by atomic mass is 79.9. The van der Waals surface area contributed by atoms with E-state index in [4.69, 9.17) is 5.73 Å². The predicted octanol–water partition coefficient (Wildman–Crippen LogP) is 3.27. The highest BCUT2D eigenvalue weighted by Gasteiger charge is 2.13. The summed E-state index contributed by atoms with van der Waals surface area (Å²) in [5, 5.41) is 2.46. The molecule has 2 aromatic rings. The molecular weight excluding hydrogens is 354 g/mol. The maximum Gasteiger partial charge on any atom is 0.316 e. The first-order valence-corrected chi connectivity index (χ1v) is 7.73. The highest BCUT2D eigenvalue weighted by Crippen LogP contribution is 2.23. The number of amides is 3. The molecule has 0 saturated heterocycles. The van der Waals surface area contributed by atoms with E-state index in [9.17, 15) is 9.59 Å². The van der Waals surface area contributed by atoms with Crippen molar-refractivity contribution in [3.05, 3.63) is 50.6 Å². The third-order valence-electron chi connectivity index (χ3n) is 2.75. The van der Waals surface area contributed by atoms with Gasteiger partial charge in [0.1, 0.15) is 0 Å². The van der Waals surface area contributed by atoms with E-state index in [1.54, 1.807) is 47.5 Å². The number of halogens is 1. The van der Waals surface area contributed by atoms with Crippen molar-refractivity contribution in [2.75, 3.05) is 12.4 Å². The Hall–Kier alpha value is -1.86. The van der Waals surface area contributed by atoms with E-state index >= 15 is 0 Å². The molecule has 0 spiro atoms. The molecule has 3 amide bonds. The summed E-state index contributed by atoms with van der Waals surface area (Å²) in [5.74, 6) is -0.118. The molecule has 2 rings (SSSR count). The average molecular weight is 368 g/mol. The van der Waals surface area contributed by atoms with Crippen LogP contribution in [0.1, 0.15) is 15.2 Å². The zero-order chi connectivity index (χ0) is 15.4. The number of hydrogen-bond acceptors (Lipinski definition) is 3. The van der Waals surface area contributed by atoms with E-state index in [0.29, 0.717) is 17.8 Å². The van der Waals surface area contributed by atoms with Crippen molar-refractivity contribution in [2.24, 2.45) is 5.73 Å². The number of hydrogen-bond donors (Lipinski definition) is 2. The molecule has 0 atom stereocenters. The fourth-order valence-corrected chi connectivity index (χ4v) is 3.37. The van der Waals surface area contributed by atoms with Gasteiger partial charge in [-0.1, -0.05) is 6.07 Å². The first kappa shape index (κ1) is 15.5. The Labute approximate surface area is 134 Å². The number of anilines is 1. The first-order chi connectivity index (χ1) is 9.95. The van der Waals surface area contributed by atoms with Gasteiger partial charge in [-0.15, -0.1) is 11.3 Å². The quantitative estimate of drug-likeness (QED) is 0.869. The van der Waals surface area contributed by atoms with Crippen LogP contribution < -0.4 is 11.1 Å². The summed E-state index contributed by atoms with van der Waals surface area (Å²) < 4.78 is 1.03. The van der Waals surface area contributed by atoms with Crippen molar-refractivity contribution in [3.8, 4) is 0 Å². The fourth-order valence-electron chi connectivity index (χ4n) is 1.83. The van der Waals surface area contributed by atoms with Crippen LogP contribution in [0.15, 0.2) is 40.2 Å². The van der Waals surface area contributed by atoms with Crippen LogP contribution in [-0.2, 0) is 6.54 Å². The van der Waals surface area contributed by atoms with Crippen molar-refractivity contribution in [1.82, 2.24) is 4.90 Å². The molecule has 7 heteroatoms. The van der Waals surface area contributed by atoms with E-state index in [0.717, 1.165) is 8.66 Å². The van der Waals surface area contributed by atoms with Crippen LogP contribution in [0.5, 0.6) is 0 Å². The van der Waals surface area contributed by atoms with Crippen molar-refractivity contribution in [3.63, 3.8) is 0 Å². The van der Waals surface area contributed by atoms with Crippen molar-refractivity contribution in [1.29, 1.82) is 0 Å². The van der Waals surface area contributed by atoms with Gasteiger partial charge in [-0.05, 0) is 46.3 Å². The Kier molecular flexibility index (Phi) is 4.98. The van der Waals surface area contributed by atoms with E-state index in [1.807, 2.05) is 12.1 Å².